The van der Waals surface area contributed by atoms with E-state index in [4.69, 9.17) is 4.74 Å². The van der Waals surface area contributed by atoms with Gasteiger partial charge in [0.25, 0.3) is 0 Å². The van der Waals surface area contributed by atoms with E-state index in [1.807, 2.05) is 6.92 Å². The second kappa shape index (κ2) is 12.4. The van der Waals surface area contributed by atoms with E-state index in [1.165, 1.54) is 6.42 Å². The molecule has 172 valence electrons. The van der Waals surface area contributed by atoms with Crippen LogP contribution in [-0.4, -0.2) is 67.8 Å². The Morgan fingerprint density at radius 2 is 2.10 bits per heavy atom. The summed E-state index contributed by atoms with van der Waals surface area (Å²) in [5, 5.41) is 8.23. The number of hydrogen-bond acceptors (Lipinski definition) is 5. The van der Waals surface area contributed by atoms with Crippen LogP contribution >= 0.6 is 35.3 Å². The third kappa shape index (κ3) is 8.12. The second-order valence-corrected chi connectivity index (χ2v) is 8.53. The van der Waals surface area contributed by atoms with Crippen molar-refractivity contribution < 1.29 is 17.9 Å². The van der Waals surface area contributed by atoms with Crippen LogP contribution in [-0.2, 0) is 17.3 Å². The van der Waals surface area contributed by atoms with Crippen LogP contribution in [0.3, 0.4) is 0 Å². The highest BCUT2D eigenvalue weighted by molar-refractivity contribution is 14.0. The summed E-state index contributed by atoms with van der Waals surface area (Å²) in [6.07, 6.45) is -0.703. The molecular weight excluding hydrogens is 530 g/mol. The van der Waals surface area contributed by atoms with Gasteiger partial charge in [-0.2, -0.15) is 13.2 Å². The molecule has 3 heterocycles. The molecule has 11 heteroatoms. The van der Waals surface area contributed by atoms with Crippen LogP contribution in [0.25, 0.3) is 0 Å². The summed E-state index contributed by atoms with van der Waals surface area (Å²) >= 11 is 1.03. The van der Waals surface area contributed by atoms with Crippen molar-refractivity contribution in [1.82, 2.24) is 20.5 Å². The van der Waals surface area contributed by atoms with Gasteiger partial charge in [-0.15, -0.1) is 35.3 Å². The quantitative estimate of drug-likeness (QED) is 0.304. The highest BCUT2D eigenvalue weighted by Crippen LogP contribution is 2.30. The van der Waals surface area contributed by atoms with Crippen molar-refractivity contribution >= 4 is 41.3 Å². The third-order valence-corrected chi connectivity index (χ3v) is 6.16. The van der Waals surface area contributed by atoms with Crippen molar-refractivity contribution in [2.45, 2.75) is 44.8 Å². The average Bonchev–Trinajstić information content (AvgIpc) is 3.35. The zero-order valence-corrected chi connectivity index (χ0v) is 20.4. The summed E-state index contributed by atoms with van der Waals surface area (Å²) in [4.78, 5) is 10.7. The van der Waals surface area contributed by atoms with Gasteiger partial charge in [0.2, 0.25) is 0 Å². The summed E-state index contributed by atoms with van der Waals surface area (Å²) in [7, 11) is 0. The number of ether oxygens (including phenoxy) is 1. The fourth-order valence-electron chi connectivity index (χ4n) is 3.68. The first-order chi connectivity index (χ1) is 13.9. The van der Waals surface area contributed by atoms with Gasteiger partial charge in [0.1, 0.15) is 0 Å². The van der Waals surface area contributed by atoms with Crippen LogP contribution in [0.5, 0.6) is 0 Å². The maximum atomic E-state index is 12.6. The van der Waals surface area contributed by atoms with E-state index in [0.29, 0.717) is 29.9 Å². The molecule has 1 aromatic rings. The summed E-state index contributed by atoms with van der Waals surface area (Å²) in [5.41, 5.74) is -0.817. The Labute approximate surface area is 197 Å². The predicted octanol–water partition coefficient (Wildman–Crippen LogP) is 3.38. The van der Waals surface area contributed by atoms with Gasteiger partial charge < -0.3 is 20.3 Å². The van der Waals surface area contributed by atoms with Gasteiger partial charge in [0.05, 0.1) is 11.6 Å². The number of aliphatic imine (C=N–C) groups is 1. The van der Waals surface area contributed by atoms with Gasteiger partial charge in [-0.1, -0.05) is 0 Å². The van der Waals surface area contributed by atoms with E-state index < -0.39 is 11.9 Å². The van der Waals surface area contributed by atoms with Crippen LogP contribution in [0.4, 0.5) is 13.2 Å². The monoisotopic (exact) mass is 561 g/mol. The Hall–Kier alpha value is -0.660. The Kier molecular flexibility index (Phi) is 10.6. The number of rotatable bonds is 7. The van der Waals surface area contributed by atoms with E-state index in [0.717, 1.165) is 74.9 Å². The molecule has 0 bridgehead atoms. The molecule has 2 aliphatic heterocycles. The minimum Gasteiger partial charge on any atom is -0.381 e. The molecule has 2 aliphatic rings. The maximum absolute atomic E-state index is 12.6. The molecule has 1 atom stereocenters. The van der Waals surface area contributed by atoms with Gasteiger partial charge in [-0.3, -0.25) is 4.99 Å². The number of alkyl halides is 3. The average molecular weight is 561 g/mol. The lowest BCUT2D eigenvalue weighted by Crippen LogP contribution is -2.49. The van der Waals surface area contributed by atoms with Crippen molar-refractivity contribution in [3.05, 3.63) is 16.1 Å². The lowest BCUT2D eigenvalue weighted by Gasteiger charge is -2.34. The first kappa shape index (κ1) is 25.6. The molecule has 0 spiro atoms. The lowest BCUT2D eigenvalue weighted by atomic mass is 10.0. The Morgan fingerprint density at radius 3 is 2.70 bits per heavy atom. The fourth-order valence-corrected chi connectivity index (χ4v) is 4.48. The summed E-state index contributed by atoms with van der Waals surface area (Å²) in [6.45, 7) is 8.17. The molecule has 2 saturated heterocycles. The summed E-state index contributed by atoms with van der Waals surface area (Å²) in [5.74, 6) is 1.39. The molecule has 1 aromatic heterocycles. The normalized spacial score (nSPS) is 21.5. The van der Waals surface area contributed by atoms with E-state index in [1.54, 1.807) is 0 Å². The Bertz CT molecular complexity index is 659. The van der Waals surface area contributed by atoms with Gasteiger partial charge in [0.15, 0.2) is 11.7 Å². The predicted molar refractivity (Wildman–Crippen MR) is 124 cm³/mol. The van der Waals surface area contributed by atoms with Crippen LogP contribution < -0.4 is 10.6 Å². The van der Waals surface area contributed by atoms with Gasteiger partial charge in [-0.05, 0) is 32.1 Å². The Morgan fingerprint density at radius 1 is 1.33 bits per heavy atom. The molecule has 2 fully saturated rings. The molecule has 6 nitrogen and oxygen atoms in total. The molecule has 0 aromatic carbocycles. The number of nitrogens with one attached hydrogen (secondary N) is 2. The van der Waals surface area contributed by atoms with E-state index in [2.05, 4.69) is 25.5 Å². The van der Waals surface area contributed by atoms with Crippen molar-refractivity contribution in [2.24, 2.45) is 10.9 Å². The Balaban J connectivity index is 0.00000320. The van der Waals surface area contributed by atoms with Crippen LogP contribution in [0.15, 0.2) is 10.4 Å². The molecule has 3 rings (SSSR count). The highest BCUT2D eigenvalue weighted by atomic mass is 127. The van der Waals surface area contributed by atoms with Crippen molar-refractivity contribution in [2.75, 3.05) is 45.9 Å². The topological polar surface area (TPSA) is 61.8 Å². The lowest BCUT2D eigenvalue weighted by molar-refractivity contribution is -0.140. The molecule has 30 heavy (non-hydrogen) atoms. The molecule has 2 N–H and O–H groups in total. The second-order valence-electron chi connectivity index (χ2n) is 7.58. The first-order valence-corrected chi connectivity index (χ1v) is 11.2. The highest BCUT2D eigenvalue weighted by Gasteiger charge is 2.33. The summed E-state index contributed by atoms with van der Waals surface area (Å²) < 4.78 is 43.4. The minimum absolute atomic E-state index is 0. The number of halogens is 4. The minimum atomic E-state index is -4.38. The number of guanidine groups is 1. The van der Waals surface area contributed by atoms with Crippen molar-refractivity contribution in [3.63, 3.8) is 0 Å². The van der Waals surface area contributed by atoms with E-state index in [-0.39, 0.29) is 24.0 Å². The van der Waals surface area contributed by atoms with Crippen molar-refractivity contribution in [1.29, 1.82) is 0 Å². The van der Waals surface area contributed by atoms with Gasteiger partial charge >= 0.3 is 6.18 Å². The van der Waals surface area contributed by atoms with Crippen LogP contribution in [0.1, 0.15) is 36.9 Å². The number of hydrogen-bond donors (Lipinski definition) is 2. The van der Waals surface area contributed by atoms with E-state index >= 15 is 0 Å². The van der Waals surface area contributed by atoms with Gasteiger partial charge in [0, 0.05) is 57.2 Å². The molecule has 0 aliphatic carbocycles. The van der Waals surface area contributed by atoms with Gasteiger partial charge in [-0.25, -0.2) is 4.98 Å². The smallest absolute Gasteiger partial charge is 0.381 e. The molecular formula is C19H31F3IN5OS. The fraction of sp³-hybridized carbons (Fsp3) is 0.789. The standard InChI is InChI=1S/C19H30F3N5OS.HI/c1-2-23-18(24-7-3-17-26-16(13-29-17)19(20,21)22)25-15-4-8-27(9-5-15)11-14-6-10-28-12-14;/h13-15H,2-12H2,1H3,(H2,23,24,25);1H. The van der Waals surface area contributed by atoms with Crippen LogP contribution in [0.2, 0.25) is 0 Å². The number of likely N-dealkylation sites (tertiary alicyclic amines) is 1. The largest absolute Gasteiger partial charge is 0.434 e. The first-order valence-electron chi connectivity index (χ1n) is 10.3. The summed E-state index contributed by atoms with van der Waals surface area (Å²) in [6, 6.07) is 0.362. The molecule has 1 unspecified atom stereocenters. The van der Waals surface area contributed by atoms with Crippen LogP contribution in [0, 0.1) is 5.92 Å². The maximum Gasteiger partial charge on any atom is 0.434 e. The number of thiazole rings is 1. The molecule has 0 saturated carbocycles. The third-order valence-electron chi connectivity index (χ3n) is 5.25. The number of piperidine rings is 1. The zero-order valence-electron chi connectivity index (χ0n) is 17.2. The number of aromatic nitrogens is 1. The molecule has 0 amide bonds. The van der Waals surface area contributed by atoms with Crippen molar-refractivity contribution in [3.8, 4) is 0 Å². The zero-order chi connectivity index (χ0) is 20.7. The molecule has 0 radical (unpaired) electrons. The number of nitrogens with zero attached hydrogens (tertiary/aromatic N) is 3. The SMILES string of the molecule is CCNC(=NCCc1nc(C(F)(F)F)cs1)NC1CCN(CC2CCOC2)CC1.I. The van der Waals surface area contributed by atoms with E-state index in [9.17, 15) is 13.2 Å².